The predicted octanol–water partition coefficient (Wildman–Crippen LogP) is 4.22. The van der Waals surface area contributed by atoms with Crippen molar-refractivity contribution in [1.29, 1.82) is 0 Å². The molecule has 3 rings (SSSR count). The molecular formula is C20H23ClN4O. The molecule has 0 aliphatic carbocycles. The summed E-state index contributed by atoms with van der Waals surface area (Å²) in [7, 11) is 2.10. The Morgan fingerprint density at radius 1 is 1.46 bits per heavy atom. The van der Waals surface area contributed by atoms with E-state index in [4.69, 9.17) is 11.6 Å². The first-order valence-electron chi connectivity index (χ1n) is 8.60. The number of fused-ring (bicyclic) bond motifs is 1. The lowest BCUT2D eigenvalue weighted by atomic mass is 9.80. The van der Waals surface area contributed by atoms with E-state index in [0.717, 1.165) is 17.7 Å². The van der Waals surface area contributed by atoms with Crippen molar-refractivity contribution in [1.82, 2.24) is 10.4 Å². The molecule has 0 spiro atoms. The second-order valence-corrected chi connectivity index (χ2v) is 7.76. The first-order valence-corrected chi connectivity index (χ1v) is 8.98. The first kappa shape index (κ1) is 18.4. The second-order valence-electron chi connectivity index (χ2n) is 7.35. The lowest BCUT2D eigenvalue weighted by Gasteiger charge is -2.45. The van der Waals surface area contributed by atoms with E-state index in [-0.39, 0.29) is 11.4 Å². The molecule has 0 saturated heterocycles. The lowest BCUT2D eigenvalue weighted by Crippen LogP contribution is -2.45. The number of amides is 1. The maximum atomic E-state index is 12.0. The Hall–Kier alpha value is -2.40. The Kier molecular flexibility index (Phi) is 5.01. The van der Waals surface area contributed by atoms with Gasteiger partial charge in [0.05, 0.1) is 16.8 Å². The fourth-order valence-corrected chi connectivity index (χ4v) is 3.63. The summed E-state index contributed by atoms with van der Waals surface area (Å²) in [6.07, 6.45) is 5.76. The molecule has 1 N–H and O–H groups in total. The van der Waals surface area contributed by atoms with E-state index in [0.29, 0.717) is 16.5 Å². The van der Waals surface area contributed by atoms with Gasteiger partial charge in [-0.1, -0.05) is 18.5 Å². The minimum absolute atomic E-state index is 0.0864. The fraction of sp³-hybridized carbons (Fsp3) is 0.350. The predicted molar refractivity (Wildman–Crippen MR) is 106 cm³/mol. The Labute approximate surface area is 159 Å². The highest BCUT2D eigenvalue weighted by atomic mass is 35.5. The number of hydrogen-bond donors (Lipinski definition) is 1. The summed E-state index contributed by atoms with van der Waals surface area (Å²) in [6.45, 7) is 6.71. The van der Waals surface area contributed by atoms with Crippen LogP contribution < -0.4 is 10.3 Å². The van der Waals surface area contributed by atoms with E-state index in [1.165, 1.54) is 11.8 Å². The van der Waals surface area contributed by atoms with E-state index >= 15 is 0 Å². The van der Waals surface area contributed by atoms with Gasteiger partial charge in [0.15, 0.2) is 0 Å². The largest absolute Gasteiger partial charge is 0.369 e. The maximum absolute atomic E-state index is 12.0. The zero-order valence-corrected chi connectivity index (χ0v) is 16.2. The van der Waals surface area contributed by atoms with Crippen LogP contribution in [0.1, 0.15) is 54.6 Å². The highest BCUT2D eigenvalue weighted by Crippen LogP contribution is 2.44. The summed E-state index contributed by atoms with van der Waals surface area (Å²) >= 11 is 6.46. The lowest BCUT2D eigenvalue weighted by molar-refractivity contribution is 0.0955. The monoisotopic (exact) mass is 370 g/mol. The van der Waals surface area contributed by atoms with Gasteiger partial charge in [-0.2, -0.15) is 5.10 Å². The highest BCUT2D eigenvalue weighted by molar-refractivity contribution is 6.33. The molecule has 2 heterocycles. The summed E-state index contributed by atoms with van der Waals surface area (Å²) in [5.41, 5.74) is 6.24. The first-order chi connectivity index (χ1) is 12.3. The van der Waals surface area contributed by atoms with Crippen molar-refractivity contribution >= 4 is 29.4 Å². The number of carbonyl (C=O) groups excluding carboxylic acids is 1. The number of nitrogens with zero attached hydrogens (tertiary/aromatic N) is 3. The molecule has 1 aliphatic heterocycles. The van der Waals surface area contributed by atoms with E-state index in [1.807, 2.05) is 6.07 Å². The van der Waals surface area contributed by atoms with Gasteiger partial charge in [-0.15, -0.1) is 0 Å². The summed E-state index contributed by atoms with van der Waals surface area (Å²) < 4.78 is 0. The molecule has 1 amide bonds. The number of anilines is 1. The van der Waals surface area contributed by atoms with Crippen LogP contribution in [-0.4, -0.2) is 29.7 Å². The number of carbonyl (C=O) groups is 1. The van der Waals surface area contributed by atoms with Crippen molar-refractivity contribution in [3.63, 3.8) is 0 Å². The molecular weight excluding hydrogens is 348 g/mol. The molecule has 6 heteroatoms. The number of benzene rings is 1. The molecule has 136 valence electrons. The number of pyridine rings is 1. The van der Waals surface area contributed by atoms with E-state index in [2.05, 4.69) is 54.3 Å². The van der Waals surface area contributed by atoms with Crippen molar-refractivity contribution < 1.29 is 4.79 Å². The molecule has 5 nitrogen and oxygen atoms in total. The molecule has 1 aromatic heterocycles. The molecule has 1 aliphatic rings. The van der Waals surface area contributed by atoms with Gasteiger partial charge in [0.1, 0.15) is 0 Å². The average molecular weight is 371 g/mol. The van der Waals surface area contributed by atoms with Gasteiger partial charge in [-0.25, -0.2) is 5.43 Å². The van der Waals surface area contributed by atoms with E-state index in [1.54, 1.807) is 24.5 Å². The van der Waals surface area contributed by atoms with Gasteiger partial charge in [0.2, 0.25) is 0 Å². The number of halogens is 1. The van der Waals surface area contributed by atoms with Crippen molar-refractivity contribution in [2.24, 2.45) is 5.10 Å². The number of hydrogen-bond acceptors (Lipinski definition) is 4. The molecule has 2 aromatic rings. The molecule has 1 aromatic carbocycles. The van der Waals surface area contributed by atoms with Crippen molar-refractivity contribution in [2.45, 2.75) is 38.6 Å². The molecule has 0 radical (unpaired) electrons. The number of rotatable bonds is 3. The van der Waals surface area contributed by atoms with Crippen molar-refractivity contribution in [3.8, 4) is 0 Å². The van der Waals surface area contributed by atoms with Gasteiger partial charge in [0, 0.05) is 36.2 Å². The summed E-state index contributed by atoms with van der Waals surface area (Å²) in [6, 6.07) is 7.44. The average Bonchev–Trinajstić information content (AvgIpc) is 2.61. The van der Waals surface area contributed by atoms with Gasteiger partial charge in [0.25, 0.3) is 5.91 Å². The number of hydrazone groups is 1. The summed E-state index contributed by atoms with van der Waals surface area (Å²) in [4.78, 5) is 18.2. The van der Waals surface area contributed by atoms with Crippen LogP contribution in [0.4, 0.5) is 5.69 Å². The van der Waals surface area contributed by atoms with Crippen LogP contribution in [0, 0.1) is 0 Å². The van der Waals surface area contributed by atoms with E-state index in [9.17, 15) is 4.79 Å². The number of aromatic nitrogens is 1. The van der Waals surface area contributed by atoms with Crippen LogP contribution in [0.25, 0.3) is 0 Å². The van der Waals surface area contributed by atoms with Crippen molar-refractivity contribution in [2.75, 3.05) is 11.9 Å². The topological polar surface area (TPSA) is 57.6 Å². The minimum atomic E-state index is -0.307. The van der Waals surface area contributed by atoms with Crippen LogP contribution >= 0.6 is 11.6 Å². The van der Waals surface area contributed by atoms with Gasteiger partial charge in [-0.05, 0) is 56.0 Å². The normalized spacial score (nSPS) is 18.7. The molecule has 0 bridgehead atoms. The maximum Gasteiger partial charge on any atom is 0.272 e. The fourth-order valence-electron chi connectivity index (χ4n) is 3.43. The molecule has 0 unspecified atom stereocenters. The summed E-state index contributed by atoms with van der Waals surface area (Å²) in [5.74, 6) is 0.115. The quantitative estimate of drug-likeness (QED) is 0.650. The Balaban J connectivity index is 1.82. The number of nitrogens with one attached hydrogen (secondary N) is 1. The molecule has 26 heavy (non-hydrogen) atoms. The van der Waals surface area contributed by atoms with Crippen molar-refractivity contribution in [3.05, 3.63) is 58.4 Å². The summed E-state index contributed by atoms with van der Waals surface area (Å²) in [5, 5.41) is 4.66. The van der Waals surface area contributed by atoms with Gasteiger partial charge < -0.3 is 4.90 Å². The van der Waals surface area contributed by atoms with Crippen LogP contribution in [0.5, 0.6) is 0 Å². The van der Waals surface area contributed by atoms with Crippen LogP contribution in [0.2, 0.25) is 5.02 Å². The second kappa shape index (κ2) is 7.08. The Morgan fingerprint density at radius 3 is 2.92 bits per heavy atom. The van der Waals surface area contributed by atoms with Gasteiger partial charge >= 0.3 is 0 Å². The highest BCUT2D eigenvalue weighted by Gasteiger charge is 2.34. The smallest absolute Gasteiger partial charge is 0.272 e. The van der Waals surface area contributed by atoms with Crippen LogP contribution in [-0.2, 0) is 0 Å². The Bertz CT molecular complexity index is 848. The van der Waals surface area contributed by atoms with Crippen LogP contribution in [0.15, 0.2) is 41.8 Å². The van der Waals surface area contributed by atoms with Gasteiger partial charge in [-0.3, -0.25) is 9.78 Å². The van der Waals surface area contributed by atoms with E-state index < -0.39 is 0 Å². The molecule has 0 fully saturated rings. The zero-order chi connectivity index (χ0) is 18.9. The third-order valence-corrected chi connectivity index (χ3v) is 5.37. The molecule has 1 atom stereocenters. The SMILES string of the molecule is C[C@@H]1CC(C)(C)N(C)c2cc(Cl)c(/C=N\NC(=O)c3cccnc3)cc21. The standard InChI is InChI=1S/C20H23ClN4O/c1-13-10-20(2,3)25(4)18-9-17(21)15(8-16(13)18)12-23-24-19(26)14-6-5-7-22-11-14/h5-9,11-13H,10H2,1-4H3,(H,24,26)/b23-12-/t13-/m1/s1. The third kappa shape index (κ3) is 3.58. The Morgan fingerprint density at radius 2 is 2.23 bits per heavy atom. The third-order valence-electron chi connectivity index (χ3n) is 5.05. The molecule has 0 saturated carbocycles. The zero-order valence-electron chi connectivity index (χ0n) is 15.5. The van der Waals surface area contributed by atoms with Crippen LogP contribution in [0.3, 0.4) is 0 Å². The minimum Gasteiger partial charge on any atom is -0.369 e.